The minimum atomic E-state index is -1.01. The Hall–Kier alpha value is -3.10. The van der Waals surface area contributed by atoms with Gasteiger partial charge in [-0.1, -0.05) is 58.0 Å². The number of amides is 3. The number of benzene rings is 1. The number of hydrogen-bond acceptors (Lipinski definition) is 6. The molecule has 3 atom stereocenters. The third-order valence-corrected chi connectivity index (χ3v) is 6.45. The van der Waals surface area contributed by atoms with Crippen molar-refractivity contribution in [3.63, 3.8) is 0 Å². The number of carbonyl (C=O) groups excluding carboxylic acids is 4. The van der Waals surface area contributed by atoms with Crippen LogP contribution in [0.15, 0.2) is 30.3 Å². The number of nitrogens with one attached hydrogen (secondary N) is 3. The van der Waals surface area contributed by atoms with Crippen molar-refractivity contribution in [2.24, 2.45) is 17.3 Å². The van der Waals surface area contributed by atoms with Crippen molar-refractivity contribution in [2.75, 3.05) is 13.7 Å². The van der Waals surface area contributed by atoms with Crippen LogP contribution in [0.1, 0.15) is 46.1 Å². The number of esters is 1. The van der Waals surface area contributed by atoms with E-state index in [0.717, 1.165) is 5.56 Å². The lowest BCUT2D eigenvalue weighted by atomic mass is 9.74. The molecule has 1 heterocycles. The molecule has 0 radical (unpaired) electrons. The number of alkyl carbamates (subject to hydrolysis) is 1. The minimum Gasteiger partial charge on any atom is -0.467 e. The smallest absolute Gasteiger partial charge is 0.408 e. The molecule has 0 aliphatic carbocycles. The van der Waals surface area contributed by atoms with Crippen molar-refractivity contribution < 1.29 is 28.7 Å². The molecule has 9 nitrogen and oxygen atoms in total. The van der Waals surface area contributed by atoms with Gasteiger partial charge in [0.05, 0.1) is 7.11 Å². The highest BCUT2D eigenvalue weighted by Crippen LogP contribution is 2.31. The number of rotatable bonds is 10. The van der Waals surface area contributed by atoms with Crippen LogP contribution < -0.4 is 16.0 Å². The van der Waals surface area contributed by atoms with Gasteiger partial charge in [0.1, 0.15) is 18.7 Å². The molecule has 0 saturated carbocycles. The molecular formula is C24H35N3O6. The van der Waals surface area contributed by atoms with Gasteiger partial charge in [0.25, 0.3) is 0 Å². The molecule has 182 valence electrons. The van der Waals surface area contributed by atoms with Crippen molar-refractivity contribution >= 4 is 23.9 Å². The van der Waals surface area contributed by atoms with Crippen molar-refractivity contribution in [1.82, 2.24) is 16.0 Å². The van der Waals surface area contributed by atoms with Crippen LogP contribution in [0, 0.1) is 17.3 Å². The zero-order chi connectivity index (χ0) is 24.6. The summed E-state index contributed by atoms with van der Waals surface area (Å²) in [6, 6.07) is 7.21. The number of carbonyl (C=O) groups is 4. The lowest BCUT2D eigenvalue weighted by molar-refractivity contribution is -0.146. The van der Waals surface area contributed by atoms with Gasteiger partial charge in [-0.25, -0.2) is 9.59 Å². The number of hydrogen-bond donors (Lipinski definition) is 3. The molecule has 1 fully saturated rings. The predicted octanol–water partition coefficient (Wildman–Crippen LogP) is 2.15. The van der Waals surface area contributed by atoms with Gasteiger partial charge in [-0.15, -0.1) is 0 Å². The fourth-order valence-electron chi connectivity index (χ4n) is 3.57. The van der Waals surface area contributed by atoms with Crippen molar-refractivity contribution in [3.8, 4) is 0 Å². The second-order valence-corrected chi connectivity index (χ2v) is 9.21. The standard InChI is InChI=1S/C24H35N3O6/c1-15(2)24(3,4)19(27-23(31)33-14-16-9-7-6-8-10-16)21(29)26-18(22(30)32-5)13-17-11-12-25-20(17)28/h6-10,15,17-19H,11-14H2,1-5H3,(H,25,28)(H,26,29)(H,27,31)/t17-,18-,19?/m0/s1. The molecule has 1 saturated heterocycles. The van der Waals surface area contributed by atoms with Crippen molar-refractivity contribution in [1.29, 1.82) is 0 Å². The third kappa shape index (κ3) is 7.20. The summed E-state index contributed by atoms with van der Waals surface area (Å²) in [4.78, 5) is 50.2. The largest absolute Gasteiger partial charge is 0.467 e. The average Bonchev–Trinajstić information content (AvgIpc) is 3.19. The Morgan fingerprint density at radius 3 is 2.36 bits per heavy atom. The van der Waals surface area contributed by atoms with Gasteiger partial charge in [0.2, 0.25) is 11.8 Å². The van der Waals surface area contributed by atoms with Crippen LogP contribution in [-0.2, 0) is 30.5 Å². The van der Waals surface area contributed by atoms with E-state index >= 15 is 0 Å². The summed E-state index contributed by atoms with van der Waals surface area (Å²) in [5.74, 6) is -1.72. The van der Waals surface area contributed by atoms with E-state index in [2.05, 4.69) is 16.0 Å². The summed E-state index contributed by atoms with van der Waals surface area (Å²) in [6.07, 6.45) is -0.0393. The van der Waals surface area contributed by atoms with E-state index in [1.54, 1.807) is 0 Å². The Labute approximate surface area is 195 Å². The van der Waals surface area contributed by atoms with Gasteiger partial charge in [-0.3, -0.25) is 9.59 Å². The van der Waals surface area contributed by atoms with E-state index in [-0.39, 0.29) is 24.9 Å². The summed E-state index contributed by atoms with van der Waals surface area (Å²) in [7, 11) is 1.23. The lowest BCUT2D eigenvalue weighted by Crippen LogP contribution is -2.59. The van der Waals surface area contributed by atoms with E-state index < -0.39 is 41.4 Å². The highest BCUT2D eigenvalue weighted by molar-refractivity contribution is 5.91. The first kappa shape index (κ1) is 26.2. The number of ether oxygens (including phenoxy) is 2. The molecule has 1 unspecified atom stereocenters. The summed E-state index contributed by atoms with van der Waals surface area (Å²) in [6.45, 7) is 8.19. The molecule has 9 heteroatoms. The van der Waals surface area contributed by atoms with Crippen LogP contribution in [0.25, 0.3) is 0 Å². The van der Waals surface area contributed by atoms with E-state index in [0.29, 0.717) is 13.0 Å². The maximum Gasteiger partial charge on any atom is 0.408 e. The first-order chi connectivity index (χ1) is 15.6. The topological polar surface area (TPSA) is 123 Å². The van der Waals surface area contributed by atoms with E-state index in [1.807, 2.05) is 58.0 Å². The SMILES string of the molecule is COC(=O)[C@H](C[C@@H]1CCNC1=O)NC(=O)C(NC(=O)OCc1ccccc1)C(C)(C)C(C)C. The summed E-state index contributed by atoms with van der Waals surface area (Å²) < 4.78 is 10.1. The van der Waals surface area contributed by atoms with E-state index in [4.69, 9.17) is 9.47 Å². The zero-order valence-corrected chi connectivity index (χ0v) is 20.0. The van der Waals surface area contributed by atoms with Crippen molar-refractivity contribution in [2.45, 2.75) is 59.2 Å². The van der Waals surface area contributed by atoms with Gasteiger partial charge in [0.15, 0.2) is 0 Å². The van der Waals surface area contributed by atoms with Crippen LogP contribution in [0.2, 0.25) is 0 Å². The van der Waals surface area contributed by atoms with Gasteiger partial charge in [-0.2, -0.15) is 0 Å². The molecule has 33 heavy (non-hydrogen) atoms. The molecule has 2 rings (SSSR count). The quantitative estimate of drug-likeness (QED) is 0.459. The summed E-state index contributed by atoms with van der Waals surface area (Å²) >= 11 is 0. The second-order valence-electron chi connectivity index (χ2n) is 9.21. The Bertz CT molecular complexity index is 840. The molecule has 1 aromatic carbocycles. The van der Waals surface area contributed by atoms with E-state index in [9.17, 15) is 19.2 Å². The third-order valence-electron chi connectivity index (χ3n) is 6.45. The molecule has 1 aromatic rings. The fraction of sp³-hybridized carbons (Fsp3) is 0.583. The molecular weight excluding hydrogens is 426 g/mol. The van der Waals surface area contributed by atoms with Crippen LogP contribution in [0.5, 0.6) is 0 Å². The first-order valence-electron chi connectivity index (χ1n) is 11.2. The summed E-state index contributed by atoms with van der Waals surface area (Å²) in [5, 5.41) is 8.08. The normalized spacial score (nSPS) is 17.6. The van der Waals surface area contributed by atoms with Crippen molar-refractivity contribution in [3.05, 3.63) is 35.9 Å². The minimum absolute atomic E-state index is 0.0138. The molecule has 0 bridgehead atoms. The molecule has 0 spiro atoms. The molecule has 1 aliphatic heterocycles. The molecule has 0 aromatic heterocycles. The fourth-order valence-corrected chi connectivity index (χ4v) is 3.57. The predicted molar refractivity (Wildman–Crippen MR) is 122 cm³/mol. The van der Waals surface area contributed by atoms with Crippen LogP contribution in [0.4, 0.5) is 4.79 Å². The van der Waals surface area contributed by atoms with Gasteiger partial charge in [0, 0.05) is 12.5 Å². The Morgan fingerprint density at radius 2 is 1.82 bits per heavy atom. The Kier molecular flexibility index (Phi) is 9.25. The average molecular weight is 462 g/mol. The Balaban J connectivity index is 2.13. The zero-order valence-electron chi connectivity index (χ0n) is 20.0. The lowest BCUT2D eigenvalue weighted by Gasteiger charge is -2.37. The maximum absolute atomic E-state index is 13.3. The highest BCUT2D eigenvalue weighted by atomic mass is 16.5. The van der Waals surface area contributed by atoms with Gasteiger partial charge >= 0.3 is 12.1 Å². The monoisotopic (exact) mass is 461 g/mol. The summed E-state index contributed by atoms with van der Waals surface area (Å²) in [5.41, 5.74) is 0.152. The first-order valence-corrected chi connectivity index (χ1v) is 11.2. The van der Waals surface area contributed by atoms with Crippen LogP contribution in [-0.4, -0.2) is 49.6 Å². The van der Waals surface area contributed by atoms with Crippen LogP contribution >= 0.6 is 0 Å². The van der Waals surface area contributed by atoms with E-state index in [1.165, 1.54) is 7.11 Å². The maximum atomic E-state index is 13.3. The molecule has 1 aliphatic rings. The molecule has 3 amide bonds. The number of methoxy groups -OCH3 is 1. The highest BCUT2D eigenvalue weighted by Gasteiger charge is 2.41. The van der Waals surface area contributed by atoms with Crippen LogP contribution in [0.3, 0.4) is 0 Å². The van der Waals surface area contributed by atoms with Gasteiger partial charge in [-0.05, 0) is 29.7 Å². The second kappa shape index (κ2) is 11.7. The molecule has 3 N–H and O–H groups in total. The Morgan fingerprint density at radius 1 is 1.15 bits per heavy atom. The van der Waals surface area contributed by atoms with Gasteiger partial charge < -0.3 is 25.4 Å².